The smallest absolute Gasteiger partial charge is 0.155 e. The molecule has 1 aliphatic rings. The molecule has 1 aromatic heterocycles. The number of hydrazone groups is 1. The highest BCUT2D eigenvalue weighted by atomic mass is 35.5. The van der Waals surface area contributed by atoms with Crippen molar-refractivity contribution in [1.29, 1.82) is 0 Å². The van der Waals surface area contributed by atoms with Crippen molar-refractivity contribution in [2.24, 2.45) is 10.1 Å². The summed E-state index contributed by atoms with van der Waals surface area (Å²) in [6.07, 6.45) is 1.00. The van der Waals surface area contributed by atoms with Gasteiger partial charge in [-0.2, -0.15) is 5.10 Å². The summed E-state index contributed by atoms with van der Waals surface area (Å²) in [7, 11) is 0. The molecular weight excluding hydrogens is 346 g/mol. The van der Waals surface area contributed by atoms with Gasteiger partial charge in [-0.25, -0.2) is 4.99 Å². The Morgan fingerprint density at radius 2 is 1.85 bits per heavy atom. The van der Waals surface area contributed by atoms with Gasteiger partial charge >= 0.3 is 0 Å². The van der Waals surface area contributed by atoms with Gasteiger partial charge in [0.25, 0.3) is 0 Å². The minimum absolute atomic E-state index is 0.630. The lowest BCUT2D eigenvalue weighted by Gasteiger charge is -2.05. The first kappa shape index (κ1) is 16.6. The largest absolute Gasteiger partial charge is 0.460 e. The van der Waals surface area contributed by atoms with Gasteiger partial charge in [0, 0.05) is 16.1 Å². The second-order valence-corrected chi connectivity index (χ2v) is 6.59. The van der Waals surface area contributed by atoms with Crippen molar-refractivity contribution in [1.82, 2.24) is 5.43 Å². The van der Waals surface area contributed by atoms with Crippen molar-refractivity contribution >= 4 is 28.8 Å². The number of fused-ring (bicyclic) bond motifs is 1. The number of aliphatic imine (C=N–C) groups is 1. The molecule has 1 N–H and O–H groups in total. The maximum absolute atomic E-state index is 6.22. The number of nitrogens with zero attached hydrogens (tertiary/aromatic N) is 2. The lowest BCUT2D eigenvalue weighted by atomic mass is 10.1. The molecule has 0 saturated heterocycles. The fraction of sp³-hybridized carbons (Fsp3) is 0.143. The van der Waals surface area contributed by atoms with E-state index < -0.39 is 0 Å². The van der Waals surface area contributed by atoms with E-state index in [0.29, 0.717) is 22.3 Å². The molecule has 0 radical (unpaired) electrons. The van der Waals surface area contributed by atoms with Crippen molar-refractivity contribution in [3.8, 4) is 0 Å². The van der Waals surface area contributed by atoms with Gasteiger partial charge in [0.2, 0.25) is 0 Å². The highest BCUT2D eigenvalue weighted by Crippen LogP contribution is 2.29. The number of nitrogens with one attached hydrogen (secondary N) is 1. The highest BCUT2D eigenvalue weighted by Gasteiger charge is 2.20. The molecule has 0 spiro atoms. The number of aryl methyl sites for hydroxylation is 2. The minimum atomic E-state index is 0.630. The summed E-state index contributed by atoms with van der Waals surface area (Å²) >= 11 is 6.22. The van der Waals surface area contributed by atoms with Gasteiger partial charge in [-0.3, -0.25) is 5.43 Å². The maximum Gasteiger partial charge on any atom is 0.155 e. The molecule has 0 amide bonds. The molecule has 130 valence electrons. The Bertz CT molecular complexity index is 1020. The molecule has 0 saturated carbocycles. The fourth-order valence-electron chi connectivity index (χ4n) is 2.89. The van der Waals surface area contributed by atoms with E-state index in [1.54, 1.807) is 0 Å². The van der Waals surface area contributed by atoms with Crippen LogP contribution in [0.25, 0.3) is 0 Å². The Morgan fingerprint density at radius 3 is 2.54 bits per heavy atom. The molecule has 0 unspecified atom stereocenters. The second kappa shape index (κ2) is 6.81. The lowest BCUT2D eigenvalue weighted by Crippen LogP contribution is -2.19. The predicted molar refractivity (Wildman–Crippen MR) is 106 cm³/mol. The average molecular weight is 364 g/mol. The van der Waals surface area contributed by atoms with E-state index in [1.807, 2.05) is 37.3 Å². The van der Waals surface area contributed by atoms with Gasteiger partial charge in [-0.15, -0.1) is 0 Å². The van der Waals surface area contributed by atoms with Crippen LogP contribution in [-0.4, -0.2) is 11.5 Å². The van der Waals surface area contributed by atoms with Crippen LogP contribution in [0.5, 0.6) is 0 Å². The Balaban J connectivity index is 1.83. The third kappa shape index (κ3) is 3.16. The first-order valence-corrected chi connectivity index (χ1v) is 8.90. The van der Waals surface area contributed by atoms with E-state index in [2.05, 4.69) is 41.7 Å². The van der Waals surface area contributed by atoms with Crippen molar-refractivity contribution in [3.05, 3.63) is 87.8 Å². The number of hydrogen-bond donors (Lipinski definition) is 1. The summed E-state index contributed by atoms with van der Waals surface area (Å²) in [6, 6.07) is 17.7. The minimum Gasteiger partial charge on any atom is -0.460 e. The summed E-state index contributed by atoms with van der Waals surface area (Å²) < 4.78 is 5.78. The van der Waals surface area contributed by atoms with Gasteiger partial charge < -0.3 is 4.42 Å². The predicted octanol–water partition coefficient (Wildman–Crippen LogP) is 5.24. The van der Waals surface area contributed by atoms with Crippen LogP contribution in [0.2, 0.25) is 5.02 Å². The second-order valence-electron chi connectivity index (χ2n) is 6.15. The van der Waals surface area contributed by atoms with Crippen LogP contribution >= 0.6 is 11.6 Å². The lowest BCUT2D eigenvalue weighted by molar-refractivity contribution is 0.525. The third-order valence-electron chi connectivity index (χ3n) is 4.33. The Kier molecular flexibility index (Phi) is 4.35. The van der Waals surface area contributed by atoms with Gasteiger partial charge in [-0.1, -0.05) is 42.8 Å². The standard InChI is InChI=1S/C21H18ClN3O/c1-3-14-5-7-15(8-6-14)21-23-18-10-9-16(22)12-17(18)20(24-25-21)19-11-4-13(2)26-19/h4-12H,3H2,1-2H3,(H,23,25). The van der Waals surface area contributed by atoms with Crippen molar-refractivity contribution in [2.45, 2.75) is 20.3 Å². The number of benzene rings is 2. The summed E-state index contributed by atoms with van der Waals surface area (Å²) in [5.41, 5.74) is 7.66. The van der Waals surface area contributed by atoms with Crippen molar-refractivity contribution < 1.29 is 4.42 Å². The molecule has 0 atom stereocenters. The molecule has 1 aliphatic heterocycles. The fourth-order valence-corrected chi connectivity index (χ4v) is 3.06. The van der Waals surface area contributed by atoms with E-state index in [9.17, 15) is 0 Å². The molecule has 5 heteroatoms. The number of halogens is 1. The number of hydrogen-bond acceptors (Lipinski definition) is 4. The first-order chi connectivity index (χ1) is 12.6. The zero-order chi connectivity index (χ0) is 18.1. The van der Waals surface area contributed by atoms with Crippen LogP contribution in [0.4, 0.5) is 5.69 Å². The summed E-state index contributed by atoms with van der Waals surface area (Å²) in [4.78, 5) is 4.78. The average Bonchev–Trinajstić information content (AvgIpc) is 2.99. The normalized spacial score (nSPS) is 13.3. The molecular formula is C21H18ClN3O. The van der Waals surface area contributed by atoms with Crippen molar-refractivity contribution in [2.75, 3.05) is 0 Å². The first-order valence-electron chi connectivity index (χ1n) is 8.52. The molecule has 2 heterocycles. The zero-order valence-electron chi connectivity index (χ0n) is 14.6. The van der Waals surface area contributed by atoms with Gasteiger partial charge in [0.15, 0.2) is 11.6 Å². The Morgan fingerprint density at radius 1 is 1.04 bits per heavy atom. The highest BCUT2D eigenvalue weighted by molar-refractivity contribution is 6.31. The molecule has 0 fully saturated rings. The summed E-state index contributed by atoms with van der Waals surface area (Å²) in [5.74, 6) is 2.19. The summed E-state index contributed by atoms with van der Waals surface area (Å²) in [6.45, 7) is 4.04. The number of rotatable bonds is 3. The van der Waals surface area contributed by atoms with Crippen molar-refractivity contribution in [3.63, 3.8) is 0 Å². The zero-order valence-corrected chi connectivity index (χ0v) is 15.3. The van der Waals surface area contributed by atoms with E-state index in [-0.39, 0.29) is 0 Å². The van der Waals surface area contributed by atoms with E-state index in [0.717, 1.165) is 29.0 Å². The van der Waals surface area contributed by atoms with Crippen LogP contribution in [0.1, 0.15) is 35.1 Å². The van der Waals surface area contributed by atoms with Gasteiger partial charge in [0.1, 0.15) is 11.5 Å². The van der Waals surface area contributed by atoms with Crippen LogP contribution in [0.15, 0.2) is 69.1 Å². The molecule has 3 aromatic rings. The van der Waals surface area contributed by atoms with Gasteiger partial charge in [0.05, 0.1) is 5.69 Å². The molecule has 4 nitrogen and oxygen atoms in total. The number of furan rings is 1. The number of amidine groups is 1. The maximum atomic E-state index is 6.22. The van der Waals surface area contributed by atoms with Crippen LogP contribution in [0, 0.1) is 6.92 Å². The van der Waals surface area contributed by atoms with Crippen LogP contribution < -0.4 is 5.43 Å². The third-order valence-corrected chi connectivity index (χ3v) is 4.56. The SMILES string of the molecule is CCc1ccc(C2=Nc3ccc(Cl)cc3C(c3ccc(C)o3)=NN2)cc1. The molecule has 0 bridgehead atoms. The van der Waals surface area contributed by atoms with Crippen LogP contribution in [-0.2, 0) is 6.42 Å². The molecule has 2 aromatic carbocycles. The Hall–Kier alpha value is -2.85. The van der Waals surface area contributed by atoms with E-state index >= 15 is 0 Å². The summed E-state index contributed by atoms with van der Waals surface area (Å²) in [5, 5.41) is 5.20. The van der Waals surface area contributed by atoms with E-state index in [1.165, 1.54) is 5.56 Å². The van der Waals surface area contributed by atoms with E-state index in [4.69, 9.17) is 21.0 Å². The topological polar surface area (TPSA) is 49.9 Å². The monoisotopic (exact) mass is 363 g/mol. The van der Waals surface area contributed by atoms with Gasteiger partial charge in [-0.05, 0) is 49.2 Å². The molecule has 4 rings (SSSR count). The Labute approximate surface area is 157 Å². The molecule has 26 heavy (non-hydrogen) atoms. The van der Waals surface area contributed by atoms with Crippen LogP contribution in [0.3, 0.4) is 0 Å². The molecule has 0 aliphatic carbocycles. The quantitative estimate of drug-likeness (QED) is 0.692.